The first-order valence-corrected chi connectivity index (χ1v) is 5.56. The molecule has 1 atom stereocenters. The van der Waals surface area contributed by atoms with E-state index < -0.39 is 6.04 Å². The SMILES string of the molecule is Cc1cccc(C)c1NC(=O)C(N)C(C)C.Cl. The van der Waals surface area contributed by atoms with Crippen LogP contribution in [-0.2, 0) is 4.79 Å². The minimum Gasteiger partial charge on any atom is -0.324 e. The Morgan fingerprint density at radius 2 is 1.71 bits per heavy atom. The van der Waals surface area contributed by atoms with Crippen molar-refractivity contribution in [2.45, 2.75) is 33.7 Å². The Bertz CT molecular complexity index is 371. The standard InChI is InChI=1S/C13H20N2O.ClH/c1-8(2)11(14)13(16)15-12-9(3)6-5-7-10(12)4;/h5-8,11H,14H2,1-4H3,(H,15,16);1H. The number of anilines is 1. The van der Waals surface area contributed by atoms with E-state index in [0.717, 1.165) is 16.8 Å². The molecule has 4 heteroatoms. The van der Waals surface area contributed by atoms with Crippen molar-refractivity contribution in [1.29, 1.82) is 0 Å². The number of carbonyl (C=O) groups excluding carboxylic acids is 1. The fraction of sp³-hybridized carbons (Fsp3) is 0.462. The Kier molecular flexibility index (Phi) is 6.21. The van der Waals surface area contributed by atoms with E-state index in [1.165, 1.54) is 0 Å². The second-order valence-electron chi connectivity index (χ2n) is 4.53. The summed E-state index contributed by atoms with van der Waals surface area (Å²) in [6.07, 6.45) is 0. The van der Waals surface area contributed by atoms with Crippen molar-refractivity contribution >= 4 is 24.0 Å². The highest BCUT2D eigenvalue weighted by atomic mass is 35.5. The molecule has 0 aromatic heterocycles. The second-order valence-corrected chi connectivity index (χ2v) is 4.53. The molecule has 17 heavy (non-hydrogen) atoms. The first-order valence-electron chi connectivity index (χ1n) is 5.56. The van der Waals surface area contributed by atoms with E-state index in [9.17, 15) is 4.79 Å². The molecule has 0 saturated heterocycles. The summed E-state index contributed by atoms with van der Waals surface area (Å²) in [7, 11) is 0. The van der Waals surface area contributed by atoms with E-state index >= 15 is 0 Å². The van der Waals surface area contributed by atoms with Gasteiger partial charge in [-0.15, -0.1) is 12.4 Å². The molecule has 0 aliphatic carbocycles. The molecule has 0 aliphatic rings. The van der Waals surface area contributed by atoms with Crippen molar-refractivity contribution in [3.05, 3.63) is 29.3 Å². The molecular weight excluding hydrogens is 236 g/mol. The third kappa shape index (κ3) is 4.02. The molecule has 3 nitrogen and oxygen atoms in total. The molecule has 0 radical (unpaired) electrons. The smallest absolute Gasteiger partial charge is 0.241 e. The molecule has 1 amide bonds. The first-order chi connectivity index (χ1) is 7.43. The van der Waals surface area contributed by atoms with Gasteiger partial charge in [-0.05, 0) is 30.9 Å². The lowest BCUT2D eigenvalue weighted by Crippen LogP contribution is -2.40. The first kappa shape index (κ1) is 15.9. The van der Waals surface area contributed by atoms with Crippen LogP contribution in [0.25, 0.3) is 0 Å². The Hall–Kier alpha value is -1.06. The lowest BCUT2D eigenvalue weighted by Gasteiger charge is -2.17. The van der Waals surface area contributed by atoms with Crippen molar-refractivity contribution in [3.63, 3.8) is 0 Å². The fourth-order valence-electron chi connectivity index (χ4n) is 1.52. The van der Waals surface area contributed by atoms with Gasteiger partial charge in [-0.1, -0.05) is 32.0 Å². The number of benzene rings is 1. The normalized spacial score (nSPS) is 11.9. The lowest BCUT2D eigenvalue weighted by atomic mass is 10.0. The number of hydrogen-bond acceptors (Lipinski definition) is 2. The predicted octanol–water partition coefficient (Wildman–Crippen LogP) is 2.65. The van der Waals surface area contributed by atoms with Crippen LogP contribution in [0.4, 0.5) is 5.69 Å². The largest absolute Gasteiger partial charge is 0.324 e. The Balaban J connectivity index is 0.00000256. The number of aryl methyl sites for hydroxylation is 2. The van der Waals surface area contributed by atoms with E-state index in [4.69, 9.17) is 5.73 Å². The summed E-state index contributed by atoms with van der Waals surface area (Å²) in [5, 5.41) is 2.90. The molecule has 0 saturated carbocycles. The van der Waals surface area contributed by atoms with Gasteiger partial charge in [-0.25, -0.2) is 0 Å². The van der Waals surface area contributed by atoms with Crippen LogP contribution < -0.4 is 11.1 Å². The van der Waals surface area contributed by atoms with Crippen molar-refractivity contribution in [3.8, 4) is 0 Å². The molecule has 96 valence electrons. The van der Waals surface area contributed by atoms with Gasteiger partial charge in [-0.2, -0.15) is 0 Å². The quantitative estimate of drug-likeness (QED) is 0.874. The predicted molar refractivity (Wildman–Crippen MR) is 74.6 cm³/mol. The van der Waals surface area contributed by atoms with Crippen LogP contribution in [0.2, 0.25) is 0 Å². The van der Waals surface area contributed by atoms with Crippen LogP contribution in [0.5, 0.6) is 0 Å². The number of halogens is 1. The van der Waals surface area contributed by atoms with E-state index in [1.54, 1.807) is 0 Å². The number of para-hydroxylation sites is 1. The van der Waals surface area contributed by atoms with Gasteiger partial charge < -0.3 is 11.1 Å². The van der Waals surface area contributed by atoms with E-state index in [0.29, 0.717) is 0 Å². The van der Waals surface area contributed by atoms with Crippen LogP contribution in [0.15, 0.2) is 18.2 Å². The van der Waals surface area contributed by atoms with E-state index in [2.05, 4.69) is 5.32 Å². The van der Waals surface area contributed by atoms with Crippen LogP contribution in [0.3, 0.4) is 0 Å². The highest BCUT2D eigenvalue weighted by molar-refractivity contribution is 5.96. The molecule has 1 rings (SSSR count). The van der Waals surface area contributed by atoms with Crippen molar-refractivity contribution in [1.82, 2.24) is 0 Å². The summed E-state index contributed by atoms with van der Waals surface area (Å²) in [5.41, 5.74) is 8.79. The molecule has 0 spiro atoms. The van der Waals surface area contributed by atoms with Gasteiger partial charge in [0.25, 0.3) is 0 Å². The number of hydrogen-bond donors (Lipinski definition) is 2. The van der Waals surface area contributed by atoms with Crippen LogP contribution in [0, 0.1) is 19.8 Å². The third-order valence-corrected chi connectivity index (χ3v) is 2.75. The monoisotopic (exact) mass is 256 g/mol. The Morgan fingerprint density at radius 3 is 2.12 bits per heavy atom. The van der Waals surface area contributed by atoms with E-state index in [1.807, 2.05) is 45.9 Å². The summed E-state index contributed by atoms with van der Waals surface area (Å²) in [6.45, 7) is 7.83. The topological polar surface area (TPSA) is 55.1 Å². The van der Waals surface area contributed by atoms with Gasteiger partial charge in [-0.3, -0.25) is 4.79 Å². The van der Waals surface area contributed by atoms with Crippen LogP contribution in [0.1, 0.15) is 25.0 Å². The number of nitrogens with one attached hydrogen (secondary N) is 1. The second kappa shape index (κ2) is 6.62. The van der Waals surface area contributed by atoms with Gasteiger partial charge in [0.2, 0.25) is 5.91 Å². The summed E-state index contributed by atoms with van der Waals surface area (Å²) < 4.78 is 0. The molecule has 1 aromatic rings. The van der Waals surface area contributed by atoms with Crippen molar-refractivity contribution in [2.24, 2.45) is 11.7 Å². The molecular formula is C13H21ClN2O. The summed E-state index contributed by atoms with van der Waals surface area (Å²) in [5.74, 6) is 0.0247. The molecule has 0 fully saturated rings. The van der Waals surface area contributed by atoms with Crippen LogP contribution >= 0.6 is 12.4 Å². The molecule has 1 aromatic carbocycles. The molecule has 1 unspecified atom stereocenters. The van der Waals surface area contributed by atoms with E-state index in [-0.39, 0.29) is 24.2 Å². The maximum absolute atomic E-state index is 11.8. The summed E-state index contributed by atoms with van der Waals surface area (Å²) >= 11 is 0. The zero-order valence-electron chi connectivity index (χ0n) is 10.8. The molecule has 0 bridgehead atoms. The zero-order valence-corrected chi connectivity index (χ0v) is 11.6. The minimum atomic E-state index is -0.459. The van der Waals surface area contributed by atoms with Gasteiger partial charge in [0.15, 0.2) is 0 Å². The van der Waals surface area contributed by atoms with Crippen molar-refractivity contribution < 1.29 is 4.79 Å². The Morgan fingerprint density at radius 1 is 1.24 bits per heavy atom. The lowest BCUT2D eigenvalue weighted by molar-refractivity contribution is -0.118. The number of rotatable bonds is 3. The maximum Gasteiger partial charge on any atom is 0.241 e. The average Bonchev–Trinajstić information content (AvgIpc) is 2.22. The van der Waals surface area contributed by atoms with Gasteiger partial charge in [0.05, 0.1) is 6.04 Å². The molecule has 0 heterocycles. The van der Waals surface area contributed by atoms with Gasteiger partial charge >= 0.3 is 0 Å². The number of nitrogens with two attached hydrogens (primary N) is 1. The number of carbonyl (C=O) groups is 1. The highest BCUT2D eigenvalue weighted by Crippen LogP contribution is 2.19. The number of amides is 1. The summed E-state index contributed by atoms with van der Waals surface area (Å²) in [6, 6.07) is 5.47. The molecule has 0 aliphatic heterocycles. The summed E-state index contributed by atoms with van der Waals surface area (Å²) in [4.78, 5) is 11.8. The maximum atomic E-state index is 11.8. The average molecular weight is 257 g/mol. The van der Waals surface area contributed by atoms with Gasteiger partial charge in [0, 0.05) is 5.69 Å². The van der Waals surface area contributed by atoms with Crippen molar-refractivity contribution in [2.75, 3.05) is 5.32 Å². The van der Waals surface area contributed by atoms with Gasteiger partial charge in [0.1, 0.15) is 0 Å². The minimum absolute atomic E-state index is 0. The van der Waals surface area contributed by atoms with Crippen LogP contribution in [-0.4, -0.2) is 11.9 Å². The highest BCUT2D eigenvalue weighted by Gasteiger charge is 2.18. The Labute approximate surface area is 109 Å². The fourth-order valence-corrected chi connectivity index (χ4v) is 1.52. The zero-order chi connectivity index (χ0) is 12.3. The third-order valence-electron chi connectivity index (χ3n) is 2.75. The molecule has 3 N–H and O–H groups in total.